The van der Waals surface area contributed by atoms with Crippen molar-refractivity contribution >= 4 is 43.9 Å². The SMILES string of the molecule is Oc1ccccc1-c1ccc2c(n1)c1c3c(ccc1n2-c1ccccc1)oc1ccc(-c2ccccn2)[c-]c13.[Pt]. The molecule has 4 aromatic carbocycles. The number of benzene rings is 4. The van der Waals surface area contributed by atoms with Gasteiger partial charge in [-0.25, -0.2) is 4.98 Å². The molecule has 40 heavy (non-hydrogen) atoms. The van der Waals surface area contributed by atoms with Crippen LogP contribution >= 0.6 is 0 Å². The van der Waals surface area contributed by atoms with Crippen LogP contribution in [0.25, 0.3) is 72.1 Å². The van der Waals surface area contributed by atoms with Gasteiger partial charge in [0, 0.05) is 55.1 Å². The molecule has 0 unspecified atom stereocenters. The Hall–Kier alpha value is -4.73. The van der Waals surface area contributed by atoms with Crippen LogP contribution in [0, 0.1) is 6.07 Å². The molecular formula is C34H20N3O2Pt-. The first-order chi connectivity index (χ1) is 19.3. The molecule has 5 nitrogen and oxygen atoms in total. The van der Waals surface area contributed by atoms with E-state index >= 15 is 0 Å². The number of hydrogen-bond donors (Lipinski definition) is 1. The van der Waals surface area contributed by atoms with Gasteiger partial charge in [0.1, 0.15) is 5.75 Å². The van der Waals surface area contributed by atoms with Gasteiger partial charge in [0.2, 0.25) is 0 Å². The van der Waals surface area contributed by atoms with Gasteiger partial charge in [0.25, 0.3) is 0 Å². The van der Waals surface area contributed by atoms with Gasteiger partial charge in [-0.3, -0.25) is 4.98 Å². The third-order valence-electron chi connectivity index (χ3n) is 7.25. The summed E-state index contributed by atoms with van der Waals surface area (Å²) in [5.74, 6) is 0.198. The molecule has 0 aliphatic carbocycles. The summed E-state index contributed by atoms with van der Waals surface area (Å²) in [4.78, 5) is 9.68. The first kappa shape index (κ1) is 24.3. The minimum Gasteiger partial charge on any atom is -0.507 e. The maximum atomic E-state index is 10.6. The van der Waals surface area contributed by atoms with Gasteiger partial charge in [-0.1, -0.05) is 59.5 Å². The Labute approximate surface area is 243 Å². The van der Waals surface area contributed by atoms with Crippen LogP contribution < -0.4 is 0 Å². The molecule has 0 bridgehead atoms. The zero-order valence-corrected chi connectivity index (χ0v) is 23.3. The molecule has 0 spiro atoms. The monoisotopic (exact) mass is 697 g/mol. The van der Waals surface area contributed by atoms with Gasteiger partial charge in [0.15, 0.2) is 0 Å². The quantitative estimate of drug-likeness (QED) is 0.189. The van der Waals surface area contributed by atoms with Crippen LogP contribution in [0.2, 0.25) is 0 Å². The summed E-state index contributed by atoms with van der Waals surface area (Å²) in [6.45, 7) is 0. The van der Waals surface area contributed by atoms with Crippen molar-refractivity contribution in [3.05, 3.63) is 121 Å². The van der Waals surface area contributed by atoms with Gasteiger partial charge in [-0.05, 0) is 60.0 Å². The molecule has 0 saturated carbocycles. The maximum Gasteiger partial charge on any atom is 0.124 e. The zero-order chi connectivity index (χ0) is 25.9. The number of phenolic OH excluding ortho intramolecular Hbond substituents is 1. The summed E-state index contributed by atoms with van der Waals surface area (Å²) in [6.07, 6.45) is 1.79. The standard InChI is InChI=1S/C34H20N3O2.Pt/c38-29-12-5-4-10-23(29)26-14-15-28-34(36-26)33-27(37(28)22-8-2-1-3-9-22)16-18-31-32(33)24-20-21(13-17-30(24)39-31)25-11-6-7-19-35-25;/h1-19,38H;/q-1;. The van der Waals surface area contributed by atoms with Crippen molar-refractivity contribution in [2.75, 3.05) is 0 Å². The Morgan fingerprint density at radius 2 is 1.45 bits per heavy atom. The van der Waals surface area contributed by atoms with Crippen molar-refractivity contribution in [3.63, 3.8) is 0 Å². The molecule has 6 heteroatoms. The van der Waals surface area contributed by atoms with E-state index in [0.717, 1.165) is 60.8 Å². The Morgan fingerprint density at radius 1 is 0.675 bits per heavy atom. The van der Waals surface area contributed by atoms with Crippen LogP contribution in [0.4, 0.5) is 0 Å². The Balaban J connectivity index is 0.00000264. The number of rotatable bonds is 3. The molecule has 0 amide bonds. The van der Waals surface area contributed by atoms with Gasteiger partial charge in [-0.15, -0.1) is 12.1 Å². The molecule has 0 saturated heterocycles. The Bertz CT molecular complexity index is 2180. The van der Waals surface area contributed by atoms with Gasteiger partial charge in [0.05, 0.1) is 27.9 Å². The van der Waals surface area contributed by atoms with Crippen molar-refractivity contribution in [3.8, 4) is 34.0 Å². The van der Waals surface area contributed by atoms with Crippen LogP contribution in [0.15, 0.2) is 120 Å². The number of fused-ring (bicyclic) bond motifs is 7. The summed E-state index contributed by atoms with van der Waals surface area (Å²) in [6, 6.07) is 39.2. The van der Waals surface area contributed by atoms with Crippen LogP contribution in [-0.4, -0.2) is 19.6 Å². The van der Waals surface area contributed by atoms with E-state index in [9.17, 15) is 5.11 Å². The van der Waals surface area contributed by atoms with Crippen LogP contribution in [0.1, 0.15) is 0 Å². The largest absolute Gasteiger partial charge is 0.507 e. The first-order valence-corrected chi connectivity index (χ1v) is 12.7. The predicted octanol–water partition coefficient (Wildman–Crippen LogP) is 8.31. The fraction of sp³-hybridized carbons (Fsp3) is 0. The maximum absolute atomic E-state index is 10.6. The smallest absolute Gasteiger partial charge is 0.124 e. The van der Waals surface area contributed by atoms with E-state index in [2.05, 4.69) is 39.9 Å². The number of furan rings is 1. The summed E-state index contributed by atoms with van der Waals surface area (Å²) in [7, 11) is 0. The fourth-order valence-electron chi connectivity index (χ4n) is 5.51. The molecule has 4 heterocycles. The normalized spacial score (nSPS) is 11.4. The van der Waals surface area contributed by atoms with E-state index in [-0.39, 0.29) is 26.8 Å². The number of nitrogens with zero attached hydrogens (tertiary/aromatic N) is 3. The van der Waals surface area contributed by atoms with Crippen molar-refractivity contribution < 1.29 is 30.6 Å². The van der Waals surface area contributed by atoms with Crippen LogP contribution in [0.5, 0.6) is 5.75 Å². The minimum absolute atomic E-state index is 0. The topological polar surface area (TPSA) is 64.1 Å². The molecule has 0 fully saturated rings. The second-order valence-corrected chi connectivity index (χ2v) is 9.51. The van der Waals surface area contributed by atoms with Crippen LogP contribution in [0.3, 0.4) is 0 Å². The Morgan fingerprint density at radius 3 is 2.27 bits per heavy atom. The second-order valence-electron chi connectivity index (χ2n) is 9.51. The number of aromatic nitrogens is 3. The van der Waals surface area contributed by atoms with Crippen molar-refractivity contribution in [2.45, 2.75) is 0 Å². The third-order valence-corrected chi connectivity index (χ3v) is 7.25. The number of hydrogen-bond acceptors (Lipinski definition) is 4. The summed E-state index contributed by atoms with van der Waals surface area (Å²) >= 11 is 0. The third kappa shape index (κ3) is 3.66. The van der Waals surface area contributed by atoms with E-state index in [1.54, 1.807) is 12.3 Å². The minimum atomic E-state index is 0. The molecule has 8 aromatic rings. The molecule has 4 aromatic heterocycles. The number of phenols is 1. The number of pyridine rings is 2. The zero-order valence-electron chi connectivity index (χ0n) is 21.0. The summed E-state index contributed by atoms with van der Waals surface area (Å²) in [5.41, 5.74) is 8.54. The summed E-state index contributed by atoms with van der Waals surface area (Å²) in [5, 5.41) is 13.4. The molecule has 0 radical (unpaired) electrons. The van der Waals surface area contributed by atoms with E-state index in [0.29, 0.717) is 11.3 Å². The molecule has 0 aliphatic rings. The molecule has 0 atom stereocenters. The van der Waals surface area contributed by atoms with Crippen molar-refractivity contribution in [1.82, 2.24) is 14.5 Å². The van der Waals surface area contributed by atoms with Crippen molar-refractivity contribution in [2.24, 2.45) is 0 Å². The average molecular weight is 698 g/mol. The molecule has 194 valence electrons. The first-order valence-electron chi connectivity index (χ1n) is 12.7. The van der Waals surface area contributed by atoms with Crippen LogP contribution in [-0.2, 0) is 21.1 Å². The molecule has 8 rings (SSSR count). The predicted molar refractivity (Wildman–Crippen MR) is 155 cm³/mol. The molecule has 0 aliphatic heterocycles. The van der Waals surface area contributed by atoms with Gasteiger partial charge < -0.3 is 14.1 Å². The molecular weight excluding hydrogens is 677 g/mol. The molecule has 1 N–H and O–H groups in total. The van der Waals surface area contributed by atoms with E-state index in [1.807, 2.05) is 78.9 Å². The fourth-order valence-corrected chi connectivity index (χ4v) is 5.51. The van der Waals surface area contributed by atoms with E-state index in [4.69, 9.17) is 9.40 Å². The number of para-hydroxylation sites is 2. The second kappa shape index (κ2) is 9.48. The van der Waals surface area contributed by atoms with Crippen molar-refractivity contribution in [1.29, 1.82) is 0 Å². The Kier molecular flexibility index (Phi) is 5.76. The summed E-state index contributed by atoms with van der Waals surface area (Å²) < 4.78 is 8.55. The van der Waals surface area contributed by atoms with E-state index < -0.39 is 0 Å². The van der Waals surface area contributed by atoms with Gasteiger partial charge in [-0.2, -0.15) is 0 Å². The van der Waals surface area contributed by atoms with E-state index in [1.165, 1.54) is 0 Å². The average Bonchev–Trinajstić information content (AvgIpc) is 3.53. The van der Waals surface area contributed by atoms with Gasteiger partial charge >= 0.3 is 0 Å². The number of aromatic hydroxyl groups is 1.